The van der Waals surface area contributed by atoms with Crippen LogP contribution < -0.4 is 11.3 Å². The normalized spacial score (nSPS) is 14.2. The molecule has 0 rings (SSSR count). The van der Waals surface area contributed by atoms with Crippen molar-refractivity contribution in [1.29, 1.82) is 0 Å². The molecule has 0 aromatic heterocycles. The van der Waals surface area contributed by atoms with Gasteiger partial charge in [0.2, 0.25) is 0 Å². The maximum absolute atomic E-state index is 5.43. The molecule has 0 aromatic carbocycles. The molecule has 0 radical (unpaired) electrons. The van der Waals surface area contributed by atoms with Crippen LogP contribution in [-0.2, 0) is 0 Å². The highest BCUT2D eigenvalue weighted by molar-refractivity contribution is 5.01. The zero-order valence-electron chi connectivity index (χ0n) is 8.94. The minimum atomic E-state index is 0.301. The van der Waals surface area contributed by atoms with E-state index in [1.807, 2.05) is 0 Å². The first-order valence-electron chi connectivity index (χ1n) is 4.46. The second-order valence-electron chi connectivity index (χ2n) is 4.78. The molecule has 0 aliphatic heterocycles. The predicted molar refractivity (Wildman–Crippen MR) is 54.6 cm³/mol. The molecule has 0 saturated carbocycles. The van der Waals surface area contributed by atoms with Crippen molar-refractivity contribution in [1.82, 2.24) is 5.43 Å². The summed E-state index contributed by atoms with van der Waals surface area (Å²) in [5.41, 5.74) is 4.44. The van der Waals surface area contributed by atoms with Gasteiger partial charge in [0, 0.05) is 6.04 Å². The molecule has 72 valence electrons. The molecule has 3 N–H and O–H groups in total. The van der Waals surface area contributed by atoms with Crippen LogP contribution in [-0.4, -0.2) is 6.04 Å². The van der Waals surface area contributed by atoms with E-state index in [1.165, 1.54) is 5.57 Å². The Morgan fingerprint density at radius 3 is 2.17 bits per heavy atom. The van der Waals surface area contributed by atoms with E-state index >= 15 is 0 Å². The molecule has 12 heavy (non-hydrogen) atoms. The lowest BCUT2D eigenvalue weighted by Gasteiger charge is -2.23. The fourth-order valence-corrected chi connectivity index (χ4v) is 1.23. The van der Waals surface area contributed by atoms with Gasteiger partial charge in [0.1, 0.15) is 0 Å². The number of rotatable bonds is 3. The van der Waals surface area contributed by atoms with Crippen LogP contribution in [0.2, 0.25) is 0 Å². The van der Waals surface area contributed by atoms with Gasteiger partial charge < -0.3 is 0 Å². The fraction of sp³-hybridized carbons (Fsp3) is 0.800. The fourth-order valence-electron chi connectivity index (χ4n) is 1.23. The summed E-state index contributed by atoms with van der Waals surface area (Å²) in [5.74, 6) is 5.43. The summed E-state index contributed by atoms with van der Waals surface area (Å²) >= 11 is 0. The van der Waals surface area contributed by atoms with Crippen molar-refractivity contribution in [3.8, 4) is 0 Å². The molecule has 1 unspecified atom stereocenters. The summed E-state index contributed by atoms with van der Waals surface area (Å²) in [7, 11) is 0. The number of nitrogens with two attached hydrogens (primary N) is 1. The Labute approximate surface area is 76.2 Å². The molecule has 0 saturated heterocycles. The van der Waals surface area contributed by atoms with Gasteiger partial charge in [-0.25, -0.2) is 0 Å². The van der Waals surface area contributed by atoms with Gasteiger partial charge in [0.05, 0.1) is 0 Å². The van der Waals surface area contributed by atoms with E-state index in [9.17, 15) is 0 Å². The Kier molecular flexibility index (Phi) is 4.50. The summed E-state index contributed by atoms with van der Waals surface area (Å²) < 4.78 is 0. The van der Waals surface area contributed by atoms with Crippen LogP contribution in [0.4, 0.5) is 0 Å². The molecule has 0 heterocycles. The minimum absolute atomic E-state index is 0.301. The van der Waals surface area contributed by atoms with Crippen molar-refractivity contribution < 1.29 is 0 Å². The molecule has 0 spiro atoms. The monoisotopic (exact) mass is 170 g/mol. The zero-order valence-corrected chi connectivity index (χ0v) is 8.94. The van der Waals surface area contributed by atoms with Gasteiger partial charge in [-0.2, -0.15) is 0 Å². The van der Waals surface area contributed by atoms with Crippen molar-refractivity contribution in [3.63, 3.8) is 0 Å². The molecule has 2 nitrogen and oxygen atoms in total. The summed E-state index contributed by atoms with van der Waals surface area (Å²) in [5, 5.41) is 0. The third kappa shape index (κ3) is 6.38. The van der Waals surface area contributed by atoms with E-state index in [0.29, 0.717) is 11.5 Å². The average molecular weight is 170 g/mol. The lowest BCUT2D eigenvalue weighted by atomic mass is 9.88. The minimum Gasteiger partial charge on any atom is -0.271 e. The molecule has 0 bridgehead atoms. The first-order chi connectivity index (χ1) is 5.35. The van der Waals surface area contributed by atoms with Gasteiger partial charge in [0.25, 0.3) is 0 Å². The van der Waals surface area contributed by atoms with Crippen LogP contribution in [0.5, 0.6) is 0 Å². The van der Waals surface area contributed by atoms with E-state index in [1.54, 1.807) is 0 Å². The SMILES string of the molecule is CC(C)=CC(CC(C)(C)C)NN. The summed E-state index contributed by atoms with van der Waals surface area (Å²) in [6.07, 6.45) is 3.24. The van der Waals surface area contributed by atoms with Crippen molar-refractivity contribution in [2.24, 2.45) is 11.3 Å². The van der Waals surface area contributed by atoms with Crippen LogP contribution in [0, 0.1) is 5.41 Å². The Bertz CT molecular complexity index is 150. The maximum atomic E-state index is 5.43. The molecule has 2 heteroatoms. The first-order valence-corrected chi connectivity index (χ1v) is 4.46. The Morgan fingerprint density at radius 2 is 1.92 bits per heavy atom. The topological polar surface area (TPSA) is 38.0 Å². The molecule has 0 amide bonds. The molecular formula is C10H22N2. The lowest BCUT2D eigenvalue weighted by Crippen LogP contribution is -2.36. The van der Waals surface area contributed by atoms with E-state index < -0.39 is 0 Å². The second-order valence-corrected chi connectivity index (χ2v) is 4.78. The number of hydrogen-bond acceptors (Lipinski definition) is 2. The molecule has 0 aliphatic rings. The zero-order chi connectivity index (χ0) is 9.78. The number of nitrogens with one attached hydrogen (secondary N) is 1. The van der Waals surface area contributed by atoms with E-state index in [4.69, 9.17) is 5.84 Å². The van der Waals surface area contributed by atoms with Crippen molar-refractivity contribution in [2.45, 2.75) is 47.1 Å². The van der Waals surface area contributed by atoms with Gasteiger partial charge in [-0.1, -0.05) is 32.4 Å². The standard InChI is InChI=1S/C10H22N2/c1-8(2)6-9(12-11)7-10(3,4)5/h6,9,12H,7,11H2,1-5H3. The molecule has 0 aromatic rings. The van der Waals surface area contributed by atoms with Gasteiger partial charge in [-0.15, -0.1) is 0 Å². The molecule has 0 fully saturated rings. The third-order valence-corrected chi connectivity index (χ3v) is 1.58. The largest absolute Gasteiger partial charge is 0.271 e. The average Bonchev–Trinajstić information content (AvgIpc) is 1.82. The highest BCUT2D eigenvalue weighted by Gasteiger charge is 2.15. The highest BCUT2D eigenvalue weighted by atomic mass is 15.2. The van der Waals surface area contributed by atoms with Gasteiger partial charge >= 0.3 is 0 Å². The Morgan fingerprint density at radius 1 is 1.42 bits per heavy atom. The summed E-state index contributed by atoms with van der Waals surface area (Å²) in [6.45, 7) is 10.8. The summed E-state index contributed by atoms with van der Waals surface area (Å²) in [6, 6.07) is 0.301. The summed E-state index contributed by atoms with van der Waals surface area (Å²) in [4.78, 5) is 0. The van der Waals surface area contributed by atoms with Crippen molar-refractivity contribution >= 4 is 0 Å². The third-order valence-electron chi connectivity index (χ3n) is 1.58. The van der Waals surface area contributed by atoms with Gasteiger partial charge in [0.15, 0.2) is 0 Å². The second kappa shape index (κ2) is 4.63. The number of allylic oxidation sites excluding steroid dienone is 1. The quantitative estimate of drug-likeness (QED) is 0.387. The van der Waals surface area contributed by atoms with Crippen molar-refractivity contribution in [3.05, 3.63) is 11.6 Å². The lowest BCUT2D eigenvalue weighted by molar-refractivity contribution is 0.336. The van der Waals surface area contributed by atoms with Crippen LogP contribution in [0.3, 0.4) is 0 Å². The highest BCUT2D eigenvalue weighted by Crippen LogP contribution is 2.21. The molecule has 0 aliphatic carbocycles. The van der Waals surface area contributed by atoms with Crippen LogP contribution in [0.1, 0.15) is 41.0 Å². The van der Waals surface area contributed by atoms with Gasteiger partial charge in [-0.3, -0.25) is 11.3 Å². The Hall–Kier alpha value is -0.340. The predicted octanol–water partition coefficient (Wildman–Crippen LogP) is 2.22. The van der Waals surface area contributed by atoms with E-state index in [0.717, 1.165) is 6.42 Å². The van der Waals surface area contributed by atoms with Crippen molar-refractivity contribution in [2.75, 3.05) is 0 Å². The number of hydrogen-bond donors (Lipinski definition) is 2. The molecule has 1 atom stereocenters. The van der Waals surface area contributed by atoms with Gasteiger partial charge in [-0.05, 0) is 25.7 Å². The van der Waals surface area contributed by atoms with E-state index in [-0.39, 0.29) is 0 Å². The maximum Gasteiger partial charge on any atom is 0.0397 e. The van der Waals surface area contributed by atoms with Crippen LogP contribution in [0.25, 0.3) is 0 Å². The van der Waals surface area contributed by atoms with Crippen LogP contribution in [0.15, 0.2) is 11.6 Å². The first kappa shape index (κ1) is 11.7. The van der Waals surface area contributed by atoms with Crippen LogP contribution >= 0.6 is 0 Å². The van der Waals surface area contributed by atoms with E-state index in [2.05, 4.69) is 46.1 Å². The smallest absolute Gasteiger partial charge is 0.0397 e. The number of hydrazine groups is 1. The molecular weight excluding hydrogens is 148 g/mol. The Balaban J connectivity index is 4.10.